The van der Waals surface area contributed by atoms with Gasteiger partial charge in [0.1, 0.15) is 0 Å². The van der Waals surface area contributed by atoms with Crippen LogP contribution in [0.4, 0.5) is 0 Å². The first-order chi connectivity index (χ1) is 19.0. The minimum absolute atomic E-state index is 0. The van der Waals surface area contributed by atoms with Gasteiger partial charge in [0.05, 0.1) is 0 Å². The Balaban J connectivity index is 0.00000202. The van der Waals surface area contributed by atoms with Crippen LogP contribution in [-0.2, 0) is 17.4 Å². The van der Waals surface area contributed by atoms with Gasteiger partial charge in [-0.1, -0.05) is 0 Å². The number of fused-ring (bicyclic) bond motifs is 2. The van der Waals surface area contributed by atoms with Crippen molar-refractivity contribution in [2.24, 2.45) is 5.92 Å². The molecule has 2 aliphatic carbocycles. The van der Waals surface area contributed by atoms with Gasteiger partial charge in [0.15, 0.2) is 0 Å². The molecule has 2 atom stereocenters. The number of hydrogen-bond acceptors (Lipinski definition) is 0. The quantitative estimate of drug-likeness (QED) is 0.183. The summed E-state index contributed by atoms with van der Waals surface area (Å²) in [5.74, 6) is 0.517. The zero-order valence-electron chi connectivity index (χ0n) is 26.0. The minimum Gasteiger partial charge on any atom is -0.147 e. The van der Waals surface area contributed by atoms with E-state index in [1.54, 1.807) is 22.3 Å². The summed E-state index contributed by atoms with van der Waals surface area (Å²) in [4.78, 5) is 0. The van der Waals surface area contributed by atoms with Crippen molar-refractivity contribution in [1.82, 2.24) is 0 Å². The van der Waals surface area contributed by atoms with Gasteiger partial charge in [0.25, 0.3) is 0 Å². The fourth-order valence-electron chi connectivity index (χ4n) is 8.16. The zero-order chi connectivity index (χ0) is 28.4. The molecule has 0 saturated heterocycles. The molecule has 0 nitrogen and oxygen atoms in total. The smallest absolute Gasteiger partial charge is 0.147 e. The summed E-state index contributed by atoms with van der Waals surface area (Å²) < 4.78 is 6.58. The average Bonchev–Trinajstić information content (AvgIpc) is 3.48. The molecule has 0 heterocycles. The molecule has 42 heavy (non-hydrogen) atoms. The van der Waals surface area contributed by atoms with Crippen molar-refractivity contribution in [2.75, 3.05) is 0 Å². The molecule has 4 aromatic carbocycles. The van der Waals surface area contributed by atoms with Gasteiger partial charge in [-0.3, -0.25) is 0 Å². The predicted octanol–water partition coefficient (Wildman–Crippen LogP) is 11.1. The van der Waals surface area contributed by atoms with Crippen LogP contribution in [0.1, 0.15) is 61.4 Å². The third kappa shape index (κ3) is 5.32. The van der Waals surface area contributed by atoms with Crippen LogP contribution in [0.15, 0.2) is 96.1 Å². The van der Waals surface area contributed by atoms with Crippen molar-refractivity contribution in [3.63, 3.8) is 0 Å². The maximum Gasteiger partial charge on any atom is -0.147 e. The SMILES string of the molecule is CC1=Cc2c(-c3ccccc3C)cc(C)cc2[CH]1[Zr]([CH3])([CH3])(=[SiH2])[CH]1C(C(C)C)=Cc2c(-c3ccccc3)cccc21.Cl.Cl. The Morgan fingerprint density at radius 2 is 1.26 bits per heavy atom. The van der Waals surface area contributed by atoms with Gasteiger partial charge < -0.3 is 0 Å². The van der Waals surface area contributed by atoms with Gasteiger partial charge in [-0.25, -0.2) is 0 Å². The van der Waals surface area contributed by atoms with Crippen molar-refractivity contribution in [3.8, 4) is 22.3 Å². The van der Waals surface area contributed by atoms with Crippen LogP contribution < -0.4 is 0 Å². The van der Waals surface area contributed by atoms with Crippen LogP contribution in [-0.4, -0.2) is 6.88 Å². The Labute approximate surface area is 268 Å². The summed E-state index contributed by atoms with van der Waals surface area (Å²) in [5.41, 5.74) is 17.5. The summed E-state index contributed by atoms with van der Waals surface area (Å²) in [6, 6.07) is 31.9. The first-order valence-corrected chi connectivity index (χ1v) is 28.5. The molecule has 0 amide bonds. The van der Waals surface area contributed by atoms with E-state index in [0.717, 1.165) is 0 Å². The fraction of sp³-hybridized carbons (Fsp3) is 0.263. The van der Waals surface area contributed by atoms with Crippen molar-refractivity contribution in [3.05, 3.63) is 129 Å². The van der Waals surface area contributed by atoms with E-state index in [9.17, 15) is 0 Å². The maximum atomic E-state index is 2.76. The number of hydrogen-bond donors (Lipinski definition) is 0. The van der Waals surface area contributed by atoms with Gasteiger partial charge in [0, 0.05) is 0 Å². The number of halogens is 2. The monoisotopic (exact) mass is 688 g/mol. The number of rotatable bonds is 5. The first kappa shape index (κ1) is 32.9. The third-order valence-corrected chi connectivity index (χ3v) is 27.3. The van der Waals surface area contributed by atoms with E-state index >= 15 is 0 Å². The van der Waals surface area contributed by atoms with Gasteiger partial charge >= 0.3 is 245 Å². The standard InChI is InChI=1S/2C18H17.2CH3.2ClH.H2Si.Zr/c1-12-8-15-9-13(2)11-18(17(15)10-12)16-7-5-4-6-14(16)3;1-13(2)16-11-15-9-6-10-17(18(15)12-16)14-7-4-3-5-8-14;;;;;;/h4-11H,1-3H3;3-13H,1-2H3;2*1H3;2*1H;1H2;. The number of aryl methyl sites for hydroxylation is 2. The van der Waals surface area contributed by atoms with Crippen LogP contribution in [0.3, 0.4) is 0 Å². The first-order valence-electron chi connectivity index (χ1n) is 14.8. The van der Waals surface area contributed by atoms with Crippen LogP contribution in [0.2, 0.25) is 9.26 Å². The fourth-order valence-corrected chi connectivity index (χ4v) is 28.7. The average molecular weight is 691 g/mol. The molecule has 6 rings (SSSR count). The number of benzene rings is 4. The molecular formula is C38H44Cl2SiZr. The van der Waals surface area contributed by atoms with E-state index in [-0.39, 0.29) is 24.8 Å². The number of allylic oxidation sites excluding steroid dienone is 2. The van der Waals surface area contributed by atoms with Crippen molar-refractivity contribution in [2.45, 2.75) is 51.1 Å². The zero-order valence-corrected chi connectivity index (χ0v) is 31.5. The van der Waals surface area contributed by atoms with E-state index in [1.807, 2.05) is 0 Å². The van der Waals surface area contributed by atoms with Crippen LogP contribution >= 0.6 is 24.8 Å². The van der Waals surface area contributed by atoms with Crippen LogP contribution in [0, 0.1) is 19.8 Å². The maximum absolute atomic E-state index is 3.63. The largest absolute Gasteiger partial charge is 0.147 e. The van der Waals surface area contributed by atoms with Gasteiger partial charge in [-0.2, -0.15) is 0 Å². The van der Waals surface area contributed by atoms with Gasteiger partial charge in [0.2, 0.25) is 0 Å². The third-order valence-electron chi connectivity index (χ3n) is 9.67. The van der Waals surface area contributed by atoms with Crippen molar-refractivity contribution >= 4 is 43.8 Å². The Hall–Kier alpha value is -1.96. The van der Waals surface area contributed by atoms with E-state index in [4.69, 9.17) is 0 Å². The van der Waals surface area contributed by atoms with E-state index < -0.39 is 17.4 Å². The van der Waals surface area contributed by atoms with E-state index in [2.05, 4.69) is 148 Å². The second-order valence-electron chi connectivity index (χ2n) is 13.8. The summed E-state index contributed by atoms with van der Waals surface area (Å²) >= 11 is -3.63. The molecule has 0 aromatic heterocycles. The second-order valence-corrected chi connectivity index (χ2v) is 44.3. The molecule has 4 aromatic rings. The molecule has 0 bridgehead atoms. The van der Waals surface area contributed by atoms with Gasteiger partial charge in [-0.05, 0) is 0 Å². The summed E-state index contributed by atoms with van der Waals surface area (Å²) in [6.07, 6.45) is 5.13. The molecule has 0 spiro atoms. The normalized spacial score (nSPS) is 17.5. The molecule has 0 fully saturated rings. The molecule has 0 aliphatic heterocycles. The topological polar surface area (TPSA) is 0 Å². The molecular weight excluding hydrogens is 647 g/mol. The predicted molar refractivity (Wildman–Crippen MR) is 190 cm³/mol. The molecule has 2 unspecified atom stereocenters. The van der Waals surface area contributed by atoms with E-state index in [0.29, 0.717) is 13.2 Å². The molecule has 4 heteroatoms. The molecule has 218 valence electrons. The molecule has 0 N–H and O–H groups in total. The summed E-state index contributed by atoms with van der Waals surface area (Å²) in [7, 11) is 0. The Kier molecular flexibility index (Phi) is 9.30. The van der Waals surface area contributed by atoms with Crippen LogP contribution in [0.25, 0.3) is 34.4 Å². The molecule has 0 radical (unpaired) electrons. The second kappa shape index (κ2) is 11.9. The Morgan fingerprint density at radius 3 is 1.93 bits per heavy atom. The Morgan fingerprint density at radius 1 is 0.643 bits per heavy atom. The Bertz CT molecular complexity index is 1790. The molecule has 0 saturated carbocycles. The van der Waals surface area contributed by atoms with Crippen molar-refractivity contribution in [1.29, 1.82) is 0 Å². The van der Waals surface area contributed by atoms with Crippen molar-refractivity contribution < 1.29 is 17.4 Å². The molecule has 2 aliphatic rings. The summed E-state index contributed by atoms with van der Waals surface area (Å²) in [6.45, 7) is 14.2. The summed E-state index contributed by atoms with van der Waals surface area (Å²) in [5, 5.41) is 0. The van der Waals surface area contributed by atoms with Gasteiger partial charge in [-0.15, -0.1) is 24.8 Å². The van der Waals surface area contributed by atoms with Crippen LogP contribution in [0.5, 0.6) is 0 Å². The minimum atomic E-state index is -3.63. The van der Waals surface area contributed by atoms with E-state index in [1.165, 1.54) is 44.5 Å².